The van der Waals surface area contributed by atoms with Crippen molar-refractivity contribution in [1.82, 2.24) is 0 Å². The summed E-state index contributed by atoms with van der Waals surface area (Å²) in [5.41, 5.74) is 3.23. The van der Waals surface area contributed by atoms with E-state index in [0.29, 0.717) is 11.3 Å². The lowest BCUT2D eigenvalue weighted by Crippen LogP contribution is -2.29. The first-order chi connectivity index (χ1) is 16.6. The molecular weight excluding hydrogens is 449 g/mol. The Labute approximate surface area is 202 Å². The van der Waals surface area contributed by atoms with Crippen molar-refractivity contribution in [1.29, 1.82) is 0 Å². The fourth-order valence-corrected chi connectivity index (χ4v) is 4.15. The maximum absolute atomic E-state index is 13.9. The molecule has 1 amide bonds. The van der Waals surface area contributed by atoms with Gasteiger partial charge in [0, 0.05) is 18.2 Å². The van der Waals surface area contributed by atoms with Gasteiger partial charge < -0.3 is 9.84 Å². The molecule has 7 heteroatoms. The molecule has 1 aliphatic heterocycles. The van der Waals surface area contributed by atoms with Crippen molar-refractivity contribution in [3.8, 4) is 5.75 Å². The number of rotatable bonds is 4. The molecule has 1 atom stereocenters. The van der Waals surface area contributed by atoms with E-state index >= 15 is 0 Å². The van der Waals surface area contributed by atoms with Crippen LogP contribution in [-0.4, -0.2) is 22.8 Å². The Bertz CT molecular complexity index is 1410. The van der Waals surface area contributed by atoms with Crippen LogP contribution in [0.4, 0.5) is 10.1 Å². The molecule has 3 aromatic carbocycles. The number of Topliss-reactive ketones (excluding diaryl/α,β-unsaturated/α-hetero) is 1. The number of carbonyl (C=O) groups is 3. The number of aliphatic hydroxyl groups excluding tert-OH is 1. The topological polar surface area (TPSA) is 83.9 Å². The molecule has 1 fully saturated rings. The van der Waals surface area contributed by atoms with Gasteiger partial charge in [-0.25, -0.2) is 4.39 Å². The quantitative estimate of drug-likeness (QED) is 0.183. The number of nitrogens with zero attached hydrogens (tertiary/aromatic N) is 1. The second-order valence-corrected chi connectivity index (χ2v) is 8.57. The van der Waals surface area contributed by atoms with Crippen molar-refractivity contribution in [3.63, 3.8) is 0 Å². The average Bonchev–Trinajstić information content (AvgIpc) is 3.07. The van der Waals surface area contributed by atoms with Gasteiger partial charge in [0.1, 0.15) is 17.3 Å². The molecule has 0 saturated carbocycles. The number of hydrogen-bond acceptors (Lipinski definition) is 5. The molecular formula is C28H24FNO5. The van der Waals surface area contributed by atoms with Crippen LogP contribution >= 0.6 is 0 Å². The van der Waals surface area contributed by atoms with E-state index in [0.717, 1.165) is 11.1 Å². The van der Waals surface area contributed by atoms with Gasteiger partial charge in [-0.15, -0.1) is 0 Å². The zero-order valence-electron chi connectivity index (χ0n) is 19.8. The van der Waals surface area contributed by atoms with Crippen LogP contribution in [0.15, 0.2) is 66.2 Å². The number of esters is 1. The zero-order chi connectivity index (χ0) is 25.4. The first-order valence-electron chi connectivity index (χ1n) is 11.0. The number of benzene rings is 3. The van der Waals surface area contributed by atoms with E-state index in [1.807, 2.05) is 19.9 Å². The maximum Gasteiger partial charge on any atom is 0.308 e. The average molecular weight is 474 g/mol. The van der Waals surface area contributed by atoms with Gasteiger partial charge in [0.05, 0.1) is 11.6 Å². The number of aryl methyl sites for hydroxylation is 3. The summed E-state index contributed by atoms with van der Waals surface area (Å²) in [6.45, 7) is 6.64. The number of hydrogen-bond donors (Lipinski definition) is 1. The van der Waals surface area contributed by atoms with Crippen molar-refractivity contribution in [2.75, 3.05) is 4.90 Å². The van der Waals surface area contributed by atoms with Crippen LogP contribution < -0.4 is 9.64 Å². The summed E-state index contributed by atoms with van der Waals surface area (Å²) in [7, 11) is 0. The highest BCUT2D eigenvalue weighted by molar-refractivity contribution is 6.51. The van der Waals surface area contributed by atoms with Crippen LogP contribution in [0.1, 0.15) is 40.8 Å². The molecule has 0 bridgehead atoms. The summed E-state index contributed by atoms with van der Waals surface area (Å²) in [6.07, 6.45) is 0. The minimum atomic E-state index is -1.00. The lowest BCUT2D eigenvalue weighted by atomic mass is 9.94. The maximum atomic E-state index is 13.9. The highest BCUT2D eigenvalue weighted by Gasteiger charge is 2.47. The number of anilines is 1. The van der Waals surface area contributed by atoms with E-state index in [-0.39, 0.29) is 22.4 Å². The van der Waals surface area contributed by atoms with Crippen molar-refractivity contribution in [3.05, 3.63) is 99.9 Å². The third-order valence-electron chi connectivity index (χ3n) is 6.08. The lowest BCUT2D eigenvalue weighted by Gasteiger charge is -2.26. The van der Waals surface area contributed by atoms with E-state index in [2.05, 4.69) is 0 Å². The van der Waals surface area contributed by atoms with Gasteiger partial charge in [-0.05, 0) is 85.5 Å². The summed E-state index contributed by atoms with van der Waals surface area (Å²) < 4.78 is 19.1. The number of amides is 1. The summed E-state index contributed by atoms with van der Waals surface area (Å²) in [5.74, 6) is -2.84. The predicted octanol–water partition coefficient (Wildman–Crippen LogP) is 5.30. The van der Waals surface area contributed by atoms with E-state index < -0.39 is 35.3 Å². The van der Waals surface area contributed by atoms with Crippen LogP contribution in [0.3, 0.4) is 0 Å². The lowest BCUT2D eigenvalue weighted by molar-refractivity contribution is -0.132. The monoisotopic (exact) mass is 473 g/mol. The second kappa shape index (κ2) is 9.18. The van der Waals surface area contributed by atoms with Crippen molar-refractivity contribution < 1.29 is 28.6 Å². The van der Waals surface area contributed by atoms with E-state index in [4.69, 9.17) is 4.74 Å². The third kappa shape index (κ3) is 4.45. The fourth-order valence-electron chi connectivity index (χ4n) is 4.15. The molecule has 1 saturated heterocycles. The molecule has 178 valence electrons. The molecule has 0 spiro atoms. The first kappa shape index (κ1) is 23.9. The smallest absolute Gasteiger partial charge is 0.308 e. The highest BCUT2D eigenvalue weighted by atomic mass is 19.1. The number of halogens is 1. The first-order valence-corrected chi connectivity index (χ1v) is 11.0. The summed E-state index contributed by atoms with van der Waals surface area (Å²) in [6, 6.07) is 14.8. The molecule has 0 radical (unpaired) electrons. The van der Waals surface area contributed by atoms with Crippen LogP contribution in [0.5, 0.6) is 5.75 Å². The van der Waals surface area contributed by atoms with E-state index in [9.17, 15) is 23.9 Å². The Morgan fingerprint density at radius 1 is 0.943 bits per heavy atom. The van der Waals surface area contributed by atoms with Crippen LogP contribution in [0.25, 0.3) is 5.76 Å². The van der Waals surface area contributed by atoms with Crippen molar-refractivity contribution in [2.45, 2.75) is 33.7 Å². The van der Waals surface area contributed by atoms with Gasteiger partial charge in [0.15, 0.2) is 0 Å². The Morgan fingerprint density at radius 2 is 1.69 bits per heavy atom. The number of ketones is 1. The second-order valence-electron chi connectivity index (χ2n) is 8.57. The Balaban J connectivity index is 1.96. The molecule has 35 heavy (non-hydrogen) atoms. The Morgan fingerprint density at radius 3 is 2.34 bits per heavy atom. The predicted molar refractivity (Wildman–Crippen MR) is 130 cm³/mol. The molecule has 0 aliphatic carbocycles. The summed E-state index contributed by atoms with van der Waals surface area (Å²) in [5, 5.41) is 11.2. The zero-order valence-corrected chi connectivity index (χ0v) is 19.8. The molecule has 0 aromatic heterocycles. The fraction of sp³-hybridized carbons (Fsp3) is 0.179. The summed E-state index contributed by atoms with van der Waals surface area (Å²) >= 11 is 0. The van der Waals surface area contributed by atoms with Gasteiger partial charge in [0.2, 0.25) is 0 Å². The molecule has 1 heterocycles. The largest absolute Gasteiger partial charge is 0.507 e. The number of ether oxygens (including phenoxy) is 1. The van der Waals surface area contributed by atoms with Gasteiger partial charge >= 0.3 is 5.97 Å². The Hall–Kier alpha value is -4.26. The van der Waals surface area contributed by atoms with Gasteiger partial charge in [-0.3, -0.25) is 19.3 Å². The standard InChI is InChI=1S/C28H24FNO5/c1-15-8-10-21(13-16(15)2)30-25(19-6-5-7-22(14-19)35-18(4)31)24(27(33)28(30)34)26(32)20-9-11-23(29)17(3)12-20/h5-14,25,32H,1-4H3/b26-24+. The molecule has 1 aliphatic rings. The molecule has 3 aromatic rings. The number of carbonyl (C=O) groups excluding carboxylic acids is 3. The number of aliphatic hydroxyl groups is 1. The van der Waals surface area contributed by atoms with Gasteiger partial charge in [-0.1, -0.05) is 18.2 Å². The molecule has 4 rings (SSSR count). The highest BCUT2D eigenvalue weighted by Crippen LogP contribution is 2.43. The van der Waals surface area contributed by atoms with E-state index in [1.54, 1.807) is 43.3 Å². The van der Waals surface area contributed by atoms with Crippen molar-refractivity contribution >= 4 is 29.1 Å². The SMILES string of the molecule is CC(=O)Oc1cccc(C2/C(=C(\O)c3ccc(F)c(C)c3)C(=O)C(=O)N2c2ccc(C)c(C)c2)c1. The van der Waals surface area contributed by atoms with Gasteiger partial charge in [0.25, 0.3) is 11.7 Å². The third-order valence-corrected chi connectivity index (χ3v) is 6.08. The van der Waals surface area contributed by atoms with Crippen LogP contribution in [-0.2, 0) is 14.4 Å². The van der Waals surface area contributed by atoms with Crippen LogP contribution in [0.2, 0.25) is 0 Å². The minimum absolute atomic E-state index is 0.140. The normalized spacial score (nSPS) is 17.1. The van der Waals surface area contributed by atoms with Crippen molar-refractivity contribution in [2.24, 2.45) is 0 Å². The van der Waals surface area contributed by atoms with Gasteiger partial charge in [-0.2, -0.15) is 0 Å². The minimum Gasteiger partial charge on any atom is -0.507 e. The molecule has 6 nitrogen and oxygen atoms in total. The molecule has 1 unspecified atom stereocenters. The Kier molecular flexibility index (Phi) is 6.26. The molecule has 1 N–H and O–H groups in total. The van der Waals surface area contributed by atoms with E-state index in [1.165, 1.54) is 30.0 Å². The van der Waals surface area contributed by atoms with Crippen LogP contribution in [0, 0.1) is 26.6 Å². The summed E-state index contributed by atoms with van der Waals surface area (Å²) in [4.78, 5) is 39.4.